The number of aromatic nitrogens is 1. The van der Waals surface area contributed by atoms with Crippen LogP contribution in [0, 0.1) is 6.92 Å². The lowest BCUT2D eigenvalue weighted by atomic mass is 10.3. The zero-order valence-corrected chi connectivity index (χ0v) is 13.1. The minimum Gasteiger partial charge on any atom is -0.463 e. The summed E-state index contributed by atoms with van der Waals surface area (Å²) in [6.45, 7) is 2.17. The number of hydrogen-bond donors (Lipinski definition) is 0. The van der Waals surface area contributed by atoms with Gasteiger partial charge in [-0.15, -0.1) is 11.3 Å². The van der Waals surface area contributed by atoms with Gasteiger partial charge >= 0.3 is 5.97 Å². The Morgan fingerprint density at radius 3 is 2.79 bits per heavy atom. The molecule has 19 heavy (non-hydrogen) atoms. The van der Waals surface area contributed by atoms with E-state index in [-0.39, 0.29) is 12.4 Å². The molecule has 102 valence electrons. The molecule has 0 saturated heterocycles. The highest BCUT2D eigenvalue weighted by atomic mass is 79.9. The second kappa shape index (κ2) is 5.85. The van der Waals surface area contributed by atoms with Crippen molar-refractivity contribution < 1.29 is 18.7 Å². The lowest BCUT2D eigenvalue weighted by Gasteiger charge is -1.96. The van der Waals surface area contributed by atoms with Gasteiger partial charge in [-0.25, -0.2) is 9.78 Å². The number of hydrogen-bond acceptors (Lipinski definition) is 6. The Kier molecular flexibility index (Phi) is 4.38. The van der Waals surface area contributed by atoms with Gasteiger partial charge in [0.1, 0.15) is 5.69 Å². The van der Waals surface area contributed by atoms with Crippen LogP contribution in [0.1, 0.15) is 21.8 Å². The summed E-state index contributed by atoms with van der Waals surface area (Å²) < 4.78 is 16.2. The number of esters is 1. The van der Waals surface area contributed by atoms with Gasteiger partial charge in [-0.3, -0.25) is 0 Å². The van der Waals surface area contributed by atoms with Crippen molar-refractivity contribution in [3.63, 3.8) is 0 Å². The van der Waals surface area contributed by atoms with Crippen molar-refractivity contribution in [2.24, 2.45) is 0 Å². The van der Waals surface area contributed by atoms with Crippen LogP contribution in [-0.2, 0) is 16.1 Å². The Hall–Kier alpha value is -1.18. The summed E-state index contributed by atoms with van der Waals surface area (Å²) in [5, 5.41) is 0. The van der Waals surface area contributed by atoms with Crippen molar-refractivity contribution >= 4 is 33.2 Å². The fraction of sp³-hybridized carbons (Fsp3) is 0.333. The van der Waals surface area contributed by atoms with Crippen LogP contribution >= 0.6 is 27.3 Å². The van der Waals surface area contributed by atoms with Gasteiger partial charge in [-0.05, 0) is 34.5 Å². The molecule has 0 amide bonds. The van der Waals surface area contributed by atoms with E-state index >= 15 is 0 Å². The molecular weight excluding hydrogens is 334 g/mol. The highest BCUT2D eigenvalue weighted by Gasteiger charge is 2.22. The molecule has 0 spiro atoms. The van der Waals surface area contributed by atoms with Crippen LogP contribution < -0.4 is 0 Å². The Bertz CT molecular complexity index is 585. The quantitative estimate of drug-likeness (QED) is 0.794. The Labute approximate surface area is 122 Å². The second-order valence-corrected chi connectivity index (χ2v) is 6.16. The normalized spacial score (nSPS) is 10.7. The van der Waals surface area contributed by atoms with Gasteiger partial charge in [-0.1, -0.05) is 0 Å². The van der Waals surface area contributed by atoms with Gasteiger partial charge < -0.3 is 13.9 Å². The third kappa shape index (κ3) is 2.88. The first kappa shape index (κ1) is 14.2. The lowest BCUT2D eigenvalue weighted by Crippen LogP contribution is -2.04. The van der Waals surface area contributed by atoms with Gasteiger partial charge in [0.15, 0.2) is 0 Å². The minimum atomic E-state index is -0.557. The topological polar surface area (TPSA) is 61.6 Å². The standard InChI is InChI=1S/C12H12BrNO4S/c1-6-4-8(19-10(6)13)11-14-7(5-16-2)9(18-11)12(15)17-3/h4H,5H2,1-3H3. The largest absolute Gasteiger partial charge is 0.463 e. The fourth-order valence-corrected chi connectivity index (χ4v) is 2.97. The van der Waals surface area contributed by atoms with Crippen LogP contribution in [0.5, 0.6) is 0 Å². The van der Waals surface area contributed by atoms with Gasteiger partial charge in [0.2, 0.25) is 11.7 Å². The molecule has 0 atom stereocenters. The smallest absolute Gasteiger partial charge is 0.376 e. The Morgan fingerprint density at radius 2 is 2.26 bits per heavy atom. The highest BCUT2D eigenvalue weighted by molar-refractivity contribution is 9.11. The number of thiophene rings is 1. The number of aryl methyl sites for hydroxylation is 1. The second-order valence-electron chi connectivity index (χ2n) is 3.79. The van der Waals surface area contributed by atoms with Crippen molar-refractivity contribution in [3.8, 4) is 10.8 Å². The van der Waals surface area contributed by atoms with Crippen LogP contribution in [0.2, 0.25) is 0 Å². The predicted molar refractivity (Wildman–Crippen MR) is 74.3 cm³/mol. The average molecular weight is 346 g/mol. The molecule has 2 aromatic rings. The van der Waals surface area contributed by atoms with E-state index in [9.17, 15) is 4.79 Å². The molecule has 0 fully saturated rings. The van der Waals surface area contributed by atoms with E-state index in [1.807, 2.05) is 13.0 Å². The first-order valence-electron chi connectivity index (χ1n) is 5.40. The van der Waals surface area contributed by atoms with Crippen LogP contribution in [0.15, 0.2) is 14.3 Å². The van der Waals surface area contributed by atoms with E-state index in [2.05, 4.69) is 25.7 Å². The summed E-state index contributed by atoms with van der Waals surface area (Å²) in [4.78, 5) is 16.7. The van der Waals surface area contributed by atoms with E-state index in [4.69, 9.17) is 9.15 Å². The zero-order valence-electron chi connectivity index (χ0n) is 10.7. The molecule has 2 aromatic heterocycles. The van der Waals surface area contributed by atoms with Gasteiger partial charge in [0.25, 0.3) is 0 Å². The number of carbonyl (C=O) groups excluding carboxylic acids is 1. The predicted octanol–water partition coefficient (Wildman–Crippen LogP) is 3.41. The molecule has 0 N–H and O–H groups in total. The molecule has 0 saturated carbocycles. The van der Waals surface area contributed by atoms with Crippen LogP contribution in [-0.4, -0.2) is 25.2 Å². The van der Waals surface area contributed by atoms with Crippen LogP contribution in [0.3, 0.4) is 0 Å². The minimum absolute atomic E-state index is 0.0847. The molecule has 0 unspecified atom stereocenters. The van der Waals surface area contributed by atoms with E-state index in [1.165, 1.54) is 25.6 Å². The average Bonchev–Trinajstić information content (AvgIpc) is 2.94. The number of carbonyl (C=O) groups is 1. The SMILES string of the molecule is COCc1nc(-c2cc(C)c(Br)s2)oc1C(=O)OC. The van der Waals surface area contributed by atoms with Crippen molar-refractivity contribution in [2.75, 3.05) is 14.2 Å². The van der Waals surface area contributed by atoms with E-state index in [1.54, 1.807) is 0 Å². The van der Waals surface area contributed by atoms with Crippen LogP contribution in [0.25, 0.3) is 10.8 Å². The monoisotopic (exact) mass is 345 g/mol. The molecule has 0 aromatic carbocycles. The summed E-state index contributed by atoms with van der Waals surface area (Å²) in [5.41, 5.74) is 1.53. The van der Waals surface area contributed by atoms with Gasteiger partial charge in [0.05, 0.1) is 22.4 Å². The van der Waals surface area contributed by atoms with Crippen molar-refractivity contribution in [1.29, 1.82) is 0 Å². The molecule has 5 nitrogen and oxygen atoms in total. The molecule has 0 aliphatic carbocycles. The summed E-state index contributed by atoms with van der Waals surface area (Å²) in [6.07, 6.45) is 0. The fourth-order valence-electron chi connectivity index (χ4n) is 1.51. The third-order valence-corrected chi connectivity index (χ3v) is 4.54. The summed E-state index contributed by atoms with van der Waals surface area (Å²) in [7, 11) is 2.83. The lowest BCUT2D eigenvalue weighted by molar-refractivity contribution is 0.0559. The molecular formula is C12H12BrNO4S. The maximum absolute atomic E-state index is 11.6. The van der Waals surface area contributed by atoms with Crippen molar-refractivity contribution in [1.82, 2.24) is 4.98 Å². The molecule has 2 heterocycles. The Balaban J connectivity index is 2.44. The summed E-state index contributed by atoms with van der Waals surface area (Å²) in [6, 6.07) is 1.94. The molecule has 0 bridgehead atoms. The maximum Gasteiger partial charge on any atom is 0.376 e. The number of methoxy groups -OCH3 is 2. The maximum atomic E-state index is 11.6. The number of halogens is 1. The third-order valence-electron chi connectivity index (χ3n) is 2.42. The number of oxazole rings is 1. The first-order valence-corrected chi connectivity index (χ1v) is 7.01. The van der Waals surface area contributed by atoms with Crippen LogP contribution in [0.4, 0.5) is 0 Å². The highest BCUT2D eigenvalue weighted by Crippen LogP contribution is 2.35. The molecule has 0 radical (unpaired) electrons. The van der Waals surface area contributed by atoms with Crippen molar-refractivity contribution in [2.45, 2.75) is 13.5 Å². The molecule has 0 aliphatic heterocycles. The molecule has 2 rings (SSSR count). The molecule has 0 aliphatic rings. The van der Waals surface area contributed by atoms with E-state index in [0.29, 0.717) is 11.6 Å². The number of rotatable bonds is 4. The first-order chi connectivity index (χ1) is 9.06. The van der Waals surface area contributed by atoms with Gasteiger partial charge in [0, 0.05) is 7.11 Å². The van der Waals surface area contributed by atoms with E-state index < -0.39 is 5.97 Å². The summed E-state index contributed by atoms with van der Waals surface area (Å²) >= 11 is 4.94. The Morgan fingerprint density at radius 1 is 1.53 bits per heavy atom. The number of nitrogens with zero attached hydrogens (tertiary/aromatic N) is 1. The van der Waals surface area contributed by atoms with Crippen molar-refractivity contribution in [3.05, 3.63) is 26.9 Å². The zero-order chi connectivity index (χ0) is 14.0. The summed E-state index contributed by atoms with van der Waals surface area (Å²) in [5.74, 6) is -0.0779. The van der Waals surface area contributed by atoms with E-state index in [0.717, 1.165) is 14.2 Å². The molecule has 7 heteroatoms. The number of ether oxygens (including phenoxy) is 2. The van der Waals surface area contributed by atoms with Gasteiger partial charge in [-0.2, -0.15) is 0 Å².